The molecule has 0 atom stereocenters. The zero-order chi connectivity index (χ0) is 45.3. The summed E-state index contributed by atoms with van der Waals surface area (Å²) >= 11 is 1.89. The van der Waals surface area contributed by atoms with E-state index in [2.05, 4.69) is 239 Å². The van der Waals surface area contributed by atoms with Crippen LogP contribution in [0.5, 0.6) is 0 Å². The van der Waals surface area contributed by atoms with Gasteiger partial charge in [0.15, 0.2) is 0 Å². The molecular formula is C62H49BN2OS. The van der Waals surface area contributed by atoms with Gasteiger partial charge in [0.1, 0.15) is 11.2 Å². The second kappa shape index (κ2) is 14.6. The third kappa shape index (κ3) is 6.17. The predicted octanol–water partition coefficient (Wildman–Crippen LogP) is 16.6. The van der Waals surface area contributed by atoms with E-state index in [1.165, 1.54) is 75.9 Å². The Morgan fingerprint density at radius 2 is 1.09 bits per heavy atom. The molecule has 2 aliphatic rings. The van der Waals surface area contributed by atoms with Crippen molar-refractivity contribution in [3.05, 3.63) is 199 Å². The van der Waals surface area contributed by atoms with E-state index in [-0.39, 0.29) is 17.7 Å². The normalized spacial score (nSPS) is 13.4. The van der Waals surface area contributed by atoms with E-state index in [1.54, 1.807) is 0 Å². The predicted molar refractivity (Wildman–Crippen MR) is 289 cm³/mol. The minimum atomic E-state index is -0.187. The Morgan fingerprint density at radius 3 is 1.84 bits per heavy atom. The number of hydrogen-bond acceptors (Lipinski definition) is 4. The lowest BCUT2D eigenvalue weighted by Crippen LogP contribution is -2.61. The quantitative estimate of drug-likeness (QED) is 0.164. The molecule has 5 heteroatoms. The molecule has 0 bridgehead atoms. The second-order valence-electron chi connectivity index (χ2n) is 20.5. The summed E-state index contributed by atoms with van der Waals surface area (Å²) in [4.78, 5) is 5.24. The fourth-order valence-corrected chi connectivity index (χ4v) is 12.1. The number of nitrogens with zero attached hydrogens (tertiary/aromatic N) is 2. The summed E-state index contributed by atoms with van der Waals surface area (Å²) in [5, 5.41) is 4.80. The van der Waals surface area contributed by atoms with Crippen LogP contribution in [0.2, 0.25) is 0 Å². The van der Waals surface area contributed by atoms with Crippen molar-refractivity contribution in [3.8, 4) is 33.4 Å². The van der Waals surface area contributed by atoms with Crippen molar-refractivity contribution in [2.45, 2.75) is 52.4 Å². The number of hydrogen-bond donors (Lipinski definition) is 0. The summed E-state index contributed by atoms with van der Waals surface area (Å²) < 4.78 is 9.75. The lowest BCUT2D eigenvalue weighted by atomic mass is 9.43. The van der Waals surface area contributed by atoms with Crippen LogP contribution < -0.4 is 20.6 Å². The number of furan rings is 1. The van der Waals surface area contributed by atoms with Crippen LogP contribution in [0.4, 0.5) is 28.4 Å². The number of thiophene rings is 1. The lowest BCUT2D eigenvalue weighted by Gasteiger charge is -2.46. The molecule has 4 heterocycles. The maximum atomic E-state index is 7.17. The third-order valence-electron chi connectivity index (χ3n) is 14.4. The minimum absolute atomic E-state index is 0.0132. The van der Waals surface area contributed by atoms with Gasteiger partial charge in [-0.1, -0.05) is 163 Å². The van der Waals surface area contributed by atoms with Gasteiger partial charge in [-0.05, 0) is 116 Å². The molecule has 2 aromatic heterocycles. The van der Waals surface area contributed by atoms with Crippen LogP contribution in [-0.4, -0.2) is 6.85 Å². The fourth-order valence-electron chi connectivity index (χ4n) is 10.9. The standard InChI is InChI=1S/C62H49BN2OS/c1-61(2,3)41-26-29-43(30-27-41)65-52-31-25-40(38-17-9-7-10-18-38)33-49(52)58-59-54(36-48-44-21-13-15-23-55(44)66-60(48)58)64(51-32-28-42(62(4,5)6)34-46(51)39-19-11-8-12-20-39)53-35-47-45-22-14-16-24-56(45)67-57(47)37-50(53)63(59)65/h7-37H,1-6H3. The van der Waals surface area contributed by atoms with Crippen molar-refractivity contribution in [3.63, 3.8) is 0 Å². The smallest absolute Gasteiger partial charge is 0.333 e. The van der Waals surface area contributed by atoms with E-state index >= 15 is 0 Å². The summed E-state index contributed by atoms with van der Waals surface area (Å²) in [6.45, 7) is 13.6. The van der Waals surface area contributed by atoms with Gasteiger partial charge in [-0.25, -0.2) is 0 Å². The SMILES string of the molecule is CC(C)(C)c1ccc(N2B3c4cc5sc6ccccc6c5cc4N(c4ccc(C(C)(C)C)cc4-c4ccccc4)c4cc5c(oc6ccccc65)c(c43)-c3cc(-c4ccccc4)ccc32)cc1. The first kappa shape index (κ1) is 40.0. The van der Waals surface area contributed by atoms with Crippen LogP contribution in [0.3, 0.4) is 0 Å². The molecule has 0 N–H and O–H groups in total. The monoisotopic (exact) mass is 880 g/mol. The van der Waals surface area contributed by atoms with Crippen molar-refractivity contribution in [2.24, 2.45) is 0 Å². The van der Waals surface area contributed by atoms with Crippen molar-refractivity contribution >= 4 is 99.7 Å². The molecule has 9 aromatic carbocycles. The molecule has 0 saturated carbocycles. The van der Waals surface area contributed by atoms with Crippen molar-refractivity contribution < 1.29 is 4.42 Å². The topological polar surface area (TPSA) is 19.6 Å². The average molecular weight is 881 g/mol. The number of fused-ring (bicyclic) bond motifs is 11. The zero-order valence-electron chi connectivity index (χ0n) is 38.7. The van der Waals surface area contributed by atoms with Gasteiger partial charge in [0.2, 0.25) is 0 Å². The van der Waals surface area contributed by atoms with Crippen LogP contribution >= 0.6 is 11.3 Å². The number of para-hydroxylation sites is 1. The van der Waals surface area contributed by atoms with Gasteiger partial charge in [0.05, 0.1) is 5.69 Å². The highest BCUT2D eigenvalue weighted by Crippen LogP contribution is 2.53. The summed E-state index contributed by atoms with van der Waals surface area (Å²) in [6.07, 6.45) is 0. The van der Waals surface area contributed by atoms with E-state index in [1.807, 2.05) is 11.3 Å². The van der Waals surface area contributed by atoms with Crippen LogP contribution in [0.1, 0.15) is 52.7 Å². The van der Waals surface area contributed by atoms with Crippen LogP contribution in [0.15, 0.2) is 192 Å². The maximum absolute atomic E-state index is 7.17. The summed E-state index contributed by atoms with van der Waals surface area (Å²) in [5.74, 6) is 0. The highest BCUT2D eigenvalue weighted by molar-refractivity contribution is 7.26. The summed E-state index contributed by atoms with van der Waals surface area (Å²) in [5.41, 5.74) is 19.8. The van der Waals surface area contributed by atoms with Gasteiger partial charge >= 0.3 is 6.85 Å². The molecule has 2 aliphatic heterocycles. The molecule has 0 amide bonds. The lowest BCUT2D eigenvalue weighted by molar-refractivity contribution is 0.590. The molecule has 322 valence electrons. The molecule has 0 aliphatic carbocycles. The first-order valence-corrected chi connectivity index (χ1v) is 24.3. The van der Waals surface area contributed by atoms with Gasteiger partial charge in [-0.3, -0.25) is 0 Å². The first-order valence-electron chi connectivity index (χ1n) is 23.5. The Morgan fingerprint density at radius 1 is 0.448 bits per heavy atom. The largest absolute Gasteiger partial charge is 0.455 e. The second-order valence-corrected chi connectivity index (χ2v) is 21.6. The molecule has 0 saturated heterocycles. The molecule has 11 aromatic rings. The van der Waals surface area contributed by atoms with E-state index in [0.29, 0.717) is 0 Å². The van der Waals surface area contributed by atoms with Gasteiger partial charge in [-0.15, -0.1) is 11.3 Å². The van der Waals surface area contributed by atoms with Crippen molar-refractivity contribution in [1.29, 1.82) is 0 Å². The molecule has 3 nitrogen and oxygen atoms in total. The van der Waals surface area contributed by atoms with E-state index in [4.69, 9.17) is 4.42 Å². The molecular weight excluding hydrogens is 832 g/mol. The minimum Gasteiger partial charge on any atom is -0.455 e. The number of anilines is 5. The van der Waals surface area contributed by atoms with Gasteiger partial charge in [-0.2, -0.15) is 0 Å². The molecule has 0 spiro atoms. The summed E-state index contributed by atoms with van der Waals surface area (Å²) in [7, 11) is 0. The van der Waals surface area contributed by atoms with Crippen molar-refractivity contribution in [2.75, 3.05) is 9.71 Å². The van der Waals surface area contributed by atoms with Crippen LogP contribution in [-0.2, 0) is 10.8 Å². The van der Waals surface area contributed by atoms with Crippen LogP contribution in [0.25, 0.3) is 75.5 Å². The van der Waals surface area contributed by atoms with E-state index < -0.39 is 0 Å². The third-order valence-corrected chi connectivity index (χ3v) is 15.5. The number of rotatable bonds is 4. The van der Waals surface area contributed by atoms with Gasteiger partial charge < -0.3 is 14.1 Å². The van der Waals surface area contributed by atoms with Gasteiger partial charge in [0, 0.05) is 70.4 Å². The van der Waals surface area contributed by atoms with E-state index in [9.17, 15) is 0 Å². The van der Waals surface area contributed by atoms with Gasteiger partial charge in [0.25, 0.3) is 0 Å². The molecule has 0 radical (unpaired) electrons. The Hall–Kier alpha value is -7.34. The maximum Gasteiger partial charge on any atom is 0.333 e. The molecule has 13 rings (SSSR count). The van der Waals surface area contributed by atoms with E-state index in [0.717, 1.165) is 50.1 Å². The Balaban J connectivity index is 1.21. The summed E-state index contributed by atoms with van der Waals surface area (Å²) in [6, 6.07) is 70.4. The molecule has 0 unspecified atom stereocenters. The Labute approximate surface area is 396 Å². The number of benzene rings is 9. The highest BCUT2D eigenvalue weighted by atomic mass is 32.1. The van der Waals surface area contributed by atoms with Crippen LogP contribution in [0, 0.1) is 0 Å². The zero-order valence-corrected chi connectivity index (χ0v) is 39.5. The highest BCUT2D eigenvalue weighted by Gasteiger charge is 2.47. The molecule has 67 heavy (non-hydrogen) atoms. The first-order chi connectivity index (χ1) is 32.5. The average Bonchev–Trinajstić information content (AvgIpc) is 3.91. The fraction of sp³-hybridized carbons (Fsp3) is 0.129. The van der Waals surface area contributed by atoms with Crippen molar-refractivity contribution in [1.82, 2.24) is 0 Å². The molecule has 0 fully saturated rings. The Bertz CT molecular complexity index is 3780. The Kier molecular flexibility index (Phi) is 8.70.